The van der Waals surface area contributed by atoms with Crippen LogP contribution in [0.5, 0.6) is 0 Å². The van der Waals surface area contributed by atoms with Crippen LogP contribution in [0.2, 0.25) is 10.0 Å². The van der Waals surface area contributed by atoms with Gasteiger partial charge in [-0.2, -0.15) is 4.31 Å². The number of Topliss-reactive ketones (excluding diaryl/α,β-unsaturated/α-hetero) is 1. The van der Waals surface area contributed by atoms with E-state index >= 15 is 0 Å². The number of ketones is 1. The summed E-state index contributed by atoms with van der Waals surface area (Å²) in [6, 6.07) is 11.4. The van der Waals surface area contributed by atoms with E-state index in [1.165, 1.54) is 30.3 Å². The molecule has 2 aromatic rings. The summed E-state index contributed by atoms with van der Waals surface area (Å²) in [4.78, 5) is 25.1. The Labute approximate surface area is 179 Å². The van der Waals surface area contributed by atoms with E-state index in [0.717, 1.165) is 4.31 Å². The summed E-state index contributed by atoms with van der Waals surface area (Å²) in [7, 11) is -3.85. The average molecular weight is 456 g/mol. The maximum absolute atomic E-state index is 13.0. The van der Waals surface area contributed by atoms with Gasteiger partial charge >= 0.3 is 5.97 Å². The number of piperidine rings is 1. The fourth-order valence-corrected chi connectivity index (χ4v) is 5.36. The minimum atomic E-state index is -3.85. The molecule has 6 nitrogen and oxygen atoms in total. The van der Waals surface area contributed by atoms with Crippen LogP contribution in [0.4, 0.5) is 0 Å². The van der Waals surface area contributed by atoms with E-state index in [-0.39, 0.29) is 22.0 Å². The molecule has 154 valence electrons. The minimum absolute atomic E-state index is 0.115. The number of carbonyl (C=O) groups excluding carboxylic acids is 2. The van der Waals surface area contributed by atoms with E-state index in [1.54, 1.807) is 18.2 Å². The van der Waals surface area contributed by atoms with Gasteiger partial charge < -0.3 is 4.74 Å². The summed E-state index contributed by atoms with van der Waals surface area (Å²) in [6.07, 6.45) is 1.67. The van der Waals surface area contributed by atoms with Crippen LogP contribution in [-0.4, -0.2) is 43.7 Å². The van der Waals surface area contributed by atoms with Gasteiger partial charge in [-0.05, 0) is 49.6 Å². The Morgan fingerprint density at radius 1 is 1.07 bits per heavy atom. The lowest BCUT2D eigenvalue weighted by Crippen LogP contribution is -2.48. The topological polar surface area (TPSA) is 80.8 Å². The normalized spacial score (nSPS) is 17.7. The molecule has 3 rings (SSSR count). The fraction of sp³-hybridized carbons (Fsp3) is 0.300. The average Bonchev–Trinajstić information content (AvgIpc) is 2.72. The van der Waals surface area contributed by atoms with E-state index in [4.69, 9.17) is 27.9 Å². The largest absolute Gasteiger partial charge is 0.456 e. The summed E-state index contributed by atoms with van der Waals surface area (Å²) in [5, 5.41) is 0.539. The van der Waals surface area contributed by atoms with Crippen molar-refractivity contribution >= 4 is 45.0 Å². The summed E-state index contributed by atoms with van der Waals surface area (Å²) in [6.45, 7) is -0.316. The first-order chi connectivity index (χ1) is 13.8. The number of halogens is 2. The summed E-state index contributed by atoms with van der Waals surface area (Å²) < 4.78 is 32.2. The van der Waals surface area contributed by atoms with Crippen molar-refractivity contribution in [2.24, 2.45) is 0 Å². The van der Waals surface area contributed by atoms with Crippen LogP contribution in [0.3, 0.4) is 0 Å². The number of rotatable bonds is 6. The Balaban J connectivity index is 1.72. The second kappa shape index (κ2) is 9.26. The smallest absolute Gasteiger partial charge is 0.324 e. The van der Waals surface area contributed by atoms with Gasteiger partial charge in [0.05, 0.1) is 9.92 Å². The molecule has 0 aliphatic carbocycles. The van der Waals surface area contributed by atoms with Crippen molar-refractivity contribution in [1.29, 1.82) is 0 Å². The Morgan fingerprint density at radius 2 is 1.79 bits per heavy atom. The molecule has 1 unspecified atom stereocenters. The fourth-order valence-electron chi connectivity index (χ4n) is 3.18. The van der Waals surface area contributed by atoms with E-state index in [1.807, 2.05) is 0 Å². The predicted molar refractivity (Wildman–Crippen MR) is 110 cm³/mol. The summed E-state index contributed by atoms with van der Waals surface area (Å²) in [5.74, 6) is -1.24. The van der Waals surface area contributed by atoms with Crippen molar-refractivity contribution in [1.82, 2.24) is 4.31 Å². The first-order valence-corrected chi connectivity index (χ1v) is 11.2. The lowest BCUT2D eigenvalue weighted by molar-refractivity contribution is -0.148. The predicted octanol–water partition coefficient (Wildman–Crippen LogP) is 3.96. The first kappa shape index (κ1) is 21.8. The number of hydrogen-bond donors (Lipinski definition) is 0. The molecule has 9 heteroatoms. The van der Waals surface area contributed by atoms with E-state index < -0.39 is 34.4 Å². The van der Waals surface area contributed by atoms with Crippen LogP contribution in [-0.2, 0) is 19.6 Å². The molecular weight excluding hydrogens is 437 g/mol. The van der Waals surface area contributed by atoms with Crippen molar-refractivity contribution in [3.05, 3.63) is 64.1 Å². The number of ether oxygens (including phenoxy) is 1. The highest BCUT2D eigenvalue weighted by molar-refractivity contribution is 7.89. The van der Waals surface area contributed by atoms with Crippen molar-refractivity contribution in [3.63, 3.8) is 0 Å². The molecule has 0 bridgehead atoms. The molecule has 1 aliphatic heterocycles. The van der Waals surface area contributed by atoms with E-state index in [0.29, 0.717) is 24.3 Å². The molecular formula is C20H19Cl2NO5S. The van der Waals surface area contributed by atoms with Crippen LogP contribution in [0.1, 0.15) is 29.6 Å². The van der Waals surface area contributed by atoms with Gasteiger partial charge in [-0.1, -0.05) is 41.4 Å². The third-order valence-corrected chi connectivity index (χ3v) is 7.12. The molecule has 0 saturated carbocycles. The number of esters is 1. The monoisotopic (exact) mass is 455 g/mol. The van der Waals surface area contributed by atoms with Gasteiger partial charge in [0, 0.05) is 17.1 Å². The molecule has 1 atom stereocenters. The standard InChI is InChI=1S/C20H19Cl2NO5S/c21-14-9-10-16(17(22)12-14)19(24)13-28-20(25)18-8-4-5-11-23(18)29(26,27)15-6-2-1-3-7-15/h1-3,6-7,9-10,12,18H,4-5,8,11,13H2. The highest BCUT2D eigenvalue weighted by Gasteiger charge is 2.38. The Kier molecular flexibility index (Phi) is 6.95. The Morgan fingerprint density at radius 3 is 2.48 bits per heavy atom. The quantitative estimate of drug-likeness (QED) is 0.486. The Bertz CT molecular complexity index is 1010. The van der Waals surface area contributed by atoms with Crippen LogP contribution in [0, 0.1) is 0 Å². The third-order valence-electron chi connectivity index (χ3n) is 4.65. The SMILES string of the molecule is O=C(COC(=O)C1CCCCN1S(=O)(=O)c1ccccc1)c1ccc(Cl)cc1Cl. The first-order valence-electron chi connectivity index (χ1n) is 9.02. The molecule has 0 radical (unpaired) electrons. The van der Waals surface area contributed by atoms with Crippen LogP contribution >= 0.6 is 23.2 Å². The summed E-state index contributed by atoms with van der Waals surface area (Å²) >= 11 is 11.8. The molecule has 1 saturated heterocycles. The van der Waals surface area contributed by atoms with Crippen molar-refractivity contribution in [2.75, 3.05) is 13.2 Å². The lowest BCUT2D eigenvalue weighted by atomic mass is 10.1. The van der Waals surface area contributed by atoms with Gasteiger partial charge in [0.1, 0.15) is 6.04 Å². The lowest BCUT2D eigenvalue weighted by Gasteiger charge is -2.32. The molecule has 0 amide bonds. The van der Waals surface area contributed by atoms with Gasteiger partial charge in [-0.3, -0.25) is 9.59 Å². The van der Waals surface area contributed by atoms with Crippen molar-refractivity contribution < 1.29 is 22.7 Å². The molecule has 0 spiro atoms. The maximum Gasteiger partial charge on any atom is 0.324 e. The highest BCUT2D eigenvalue weighted by atomic mass is 35.5. The number of carbonyl (C=O) groups is 2. The van der Waals surface area contributed by atoms with Crippen molar-refractivity contribution in [2.45, 2.75) is 30.2 Å². The van der Waals surface area contributed by atoms with Gasteiger partial charge in [-0.25, -0.2) is 8.42 Å². The molecule has 29 heavy (non-hydrogen) atoms. The zero-order valence-corrected chi connectivity index (χ0v) is 17.7. The maximum atomic E-state index is 13.0. The molecule has 0 N–H and O–H groups in total. The zero-order chi connectivity index (χ0) is 21.0. The second-order valence-corrected chi connectivity index (χ2v) is 9.33. The van der Waals surface area contributed by atoms with Crippen molar-refractivity contribution in [3.8, 4) is 0 Å². The van der Waals surface area contributed by atoms with Gasteiger partial charge in [0.25, 0.3) is 0 Å². The Hall–Kier alpha value is -1.93. The van der Waals surface area contributed by atoms with Crippen LogP contribution in [0.15, 0.2) is 53.4 Å². The van der Waals surface area contributed by atoms with Gasteiger partial charge in [-0.15, -0.1) is 0 Å². The highest BCUT2D eigenvalue weighted by Crippen LogP contribution is 2.26. The minimum Gasteiger partial charge on any atom is -0.456 e. The molecule has 2 aromatic carbocycles. The zero-order valence-electron chi connectivity index (χ0n) is 15.4. The van der Waals surface area contributed by atoms with Gasteiger partial charge in [0.15, 0.2) is 6.61 Å². The molecule has 0 aromatic heterocycles. The summed E-state index contributed by atoms with van der Waals surface area (Å²) in [5.41, 5.74) is 0.182. The number of nitrogens with zero attached hydrogens (tertiary/aromatic N) is 1. The second-order valence-electron chi connectivity index (χ2n) is 6.60. The van der Waals surface area contributed by atoms with E-state index in [9.17, 15) is 18.0 Å². The van der Waals surface area contributed by atoms with Crippen LogP contribution < -0.4 is 0 Å². The molecule has 1 heterocycles. The number of sulfonamides is 1. The third kappa shape index (κ3) is 4.98. The number of hydrogen-bond acceptors (Lipinski definition) is 5. The van der Waals surface area contributed by atoms with E-state index in [2.05, 4.69) is 0 Å². The van der Waals surface area contributed by atoms with Crippen LogP contribution in [0.25, 0.3) is 0 Å². The molecule has 1 fully saturated rings. The van der Waals surface area contributed by atoms with Gasteiger partial charge in [0.2, 0.25) is 15.8 Å². The molecule has 1 aliphatic rings. The number of benzene rings is 2.